The van der Waals surface area contributed by atoms with Gasteiger partial charge in [0.1, 0.15) is 10.7 Å². The van der Waals surface area contributed by atoms with E-state index in [1.165, 1.54) is 40.2 Å². The van der Waals surface area contributed by atoms with Gasteiger partial charge in [-0.3, -0.25) is 4.90 Å². The first-order valence-electron chi connectivity index (χ1n) is 9.53. The van der Waals surface area contributed by atoms with Crippen molar-refractivity contribution in [2.24, 2.45) is 0 Å². The van der Waals surface area contributed by atoms with E-state index in [4.69, 9.17) is 9.47 Å². The molecule has 0 N–H and O–H groups in total. The maximum absolute atomic E-state index is 14.5. The number of hydrogen-bond acceptors (Lipinski definition) is 6. The maximum Gasteiger partial charge on any atom is 0.246 e. The van der Waals surface area contributed by atoms with Crippen LogP contribution in [0.15, 0.2) is 46.7 Å². The number of benzene rings is 2. The van der Waals surface area contributed by atoms with Crippen LogP contribution in [0.2, 0.25) is 0 Å². The lowest BCUT2D eigenvalue weighted by molar-refractivity contribution is 0.182. The standard InChI is InChI=1S/C21H23FN2O4S2/c1-27-18-11-17(22)21(12-19(18)28-2)30(25,26)24-9-7-23(8-10-24)13-15-14-29-20-6-4-3-5-16(15)20/h3-6,11-12,14H,7-10,13H2,1-2H3. The van der Waals surface area contributed by atoms with E-state index in [-0.39, 0.29) is 11.5 Å². The Balaban J connectivity index is 1.48. The summed E-state index contributed by atoms with van der Waals surface area (Å²) in [5, 5.41) is 3.40. The number of piperazine rings is 1. The van der Waals surface area contributed by atoms with E-state index >= 15 is 0 Å². The highest BCUT2D eigenvalue weighted by Gasteiger charge is 2.32. The van der Waals surface area contributed by atoms with Gasteiger partial charge >= 0.3 is 0 Å². The summed E-state index contributed by atoms with van der Waals surface area (Å²) in [5.74, 6) is -0.512. The van der Waals surface area contributed by atoms with Gasteiger partial charge in [-0.15, -0.1) is 11.3 Å². The van der Waals surface area contributed by atoms with Crippen molar-refractivity contribution in [3.8, 4) is 11.5 Å². The van der Waals surface area contributed by atoms with Gasteiger partial charge in [-0.1, -0.05) is 18.2 Å². The van der Waals surface area contributed by atoms with Crippen molar-refractivity contribution < 1.29 is 22.3 Å². The predicted molar refractivity (Wildman–Crippen MR) is 115 cm³/mol. The molecule has 30 heavy (non-hydrogen) atoms. The van der Waals surface area contributed by atoms with Crippen molar-refractivity contribution in [1.29, 1.82) is 0 Å². The number of sulfonamides is 1. The van der Waals surface area contributed by atoms with Gasteiger partial charge in [-0.2, -0.15) is 4.31 Å². The molecule has 1 aromatic heterocycles. The molecule has 0 bridgehead atoms. The minimum Gasteiger partial charge on any atom is -0.493 e. The molecule has 0 radical (unpaired) electrons. The summed E-state index contributed by atoms with van der Waals surface area (Å²) in [7, 11) is -1.21. The van der Waals surface area contributed by atoms with Crippen LogP contribution in [0, 0.1) is 5.82 Å². The predicted octanol–water partition coefficient (Wildman–Crippen LogP) is 3.56. The van der Waals surface area contributed by atoms with Crippen LogP contribution in [0.1, 0.15) is 5.56 Å². The average Bonchev–Trinajstić information content (AvgIpc) is 3.16. The lowest BCUT2D eigenvalue weighted by Gasteiger charge is -2.34. The molecule has 2 heterocycles. The Labute approximate surface area is 179 Å². The molecule has 4 rings (SSSR count). The van der Waals surface area contributed by atoms with Gasteiger partial charge in [0.25, 0.3) is 0 Å². The topological polar surface area (TPSA) is 59.1 Å². The Bertz CT molecular complexity index is 1160. The molecule has 1 saturated heterocycles. The first-order valence-corrected chi connectivity index (χ1v) is 11.8. The zero-order chi connectivity index (χ0) is 21.3. The second-order valence-electron chi connectivity index (χ2n) is 7.07. The second kappa shape index (κ2) is 8.50. The van der Waals surface area contributed by atoms with E-state index in [1.807, 2.05) is 12.1 Å². The SMILES string of the molecule is COc1cc(F)c(S(=O)(=O)N2CCN(Cc3csc4ccccc34)CC2)cc1OC. The van der Waals surface area contributed by atoms with Gasteiger partial charge in [0, 0.05) is 49.6 Å². The minimum atomic E-state index is -3.97. The van der Waals surface area contributed by atoms with Crippen molar-refractivity contribution in [2.75, 3.05) is 40.4 Å². The summed E-state index contributed by atoms with van der Waals surface area (Å²) in [5.41, 5.74) is 1.25. The molecule has 6 nitrogen and oxygen atoms in total. The summed E-state index contributed by atoms with van der Waals surface area (Å²) in [6, 6.07) is 10.5. The zero-order valence-corrected chi connectivity index (χ0v) is 18.4. The molecule has 1 aliphatic heterocycles. The number of ether oxygens (including phenoxy) is 2. The second-order valence-corrected chi connectivity index (χ2v) is 9.89. The van der Waals surface area contributed by atoms with E-state index < -0.39 is 20.7 Å². The molecular formula is C21H23FN2O4S2. The van der Waals surface area contributed by atoms with Gasteiger partial charge in [-0.25, -0.2) is 12.8 Å². The van der Waals surface area contributed by atoms with E-state index in [0.29, 0.717) is 26.2 Å². The molecule has 1 aliphatic rings. The smallest absolute Gasteiger partial charge is 0.246 e. The van der Waals surface area contributed by atoms with Gasteiger partial charge in [0.15, 0.2) is 11.5 Å². The van der Waals surface area contributed by atoms with Crippen LogP contribution < -0.4 is 9.47 Å². The third-order valence-corrected chi connectivity index (χ3v) is 8.27. The number of halogens is 1. The van der Waals surface area contributed by atoms with Gasteiger partial charge in [0.2, 0.25) is 10.0 Å². The Hall–Kier alpha value is -2.20. The monoisotopic (exact) mass is 450 g/mol. The fraction of sp³-hybridized carbons (Fsp3) is 0.333. The number of hydrogen-bond donors (Lipinski definition) is 0. The number of methoxy groups -OCH3 is 2. The third-order valence-electron chi connectivity index (χ3n) is 5.34. The largest absolute Gasteiger partial charge is 0.493 e. The Kier molecular flexibility index (Phi) is 5.97. The highest BCUT2D eigenvalue weighted by Crippen LogP contribution is 2.33. The van der Waals surface area contributed by atoms with Crippen molar-refractivity contribution in [2.45, 2.75) is 11.4 Å². The molecule has 0 unspecified atom stereocenters. The highest BCUT2D eigenvalue weighted by molar-refractivity contribution is 7.89. The Morgan fingerprint density at radius 2 is 1.70 bits per heavy atom. The lowest BCUT2D eigenvalue weighted by Crippen LogP contribution is -2.48. The quantitative estimate of drug-likeness (QED) is 0.575. The molecule has 1 fully saturated rings. The normalized spacial score (nSPS) is 16.1. The highest BCUT2D eigenvalue weighted by atomic mass is 32.2. The fourth-order valence-electron chi connectivity index (χ4n) is 3.70. The number of nitrogens with zero attached hydrogens (tertiary/aromatic N) is 2. The first kappa shape index (κ1) is 21.0. The lowest BCUT2D eigenvalue weighted by atomic mass is 10.1. The summed E-state index contributed by atoms with van der Waals surface area (Å²) in [6.45, 7) is 2.54. The van der Waals surface area contributed by atoms with Crippen LogP contribution in [-0.2, 0) is 16.6 Å². The van der Waals surface area contributed by atoms with E-state index in [0.717, 1.165) is 12.6 Å². The Morgan fingerprint density at radius 1 is 1.03 bits per heavy atom. The molecule has 9 heteroatoms. The van der Waals surface area contributed by atoms with Crippen LogP contribution in [-0.4, -0.2) is 58.0 Å². The van der Waals surface area contributed by atoms with E-state index in [2.05, 4.69) is 22.4 Å². The van der Waals surface area contributed by atoms with Crippen molar-refractivity contribution in [3.63, 3.8) is 0 Å². The van der Waals surface area contributed by atoms with Crippen molar-refractivity contribution in [1.82, 2.24) is 9.21 Å². The Morgan fingerprint density at radius 3 is 2.40 bits per heavy atom. The summed E-state index contributed by atoms with van der Waals surface area (Å²) in [6.07, 6.45) is 0. The molecule has 0 aliphatic carbocycles. The molecule has 160 valence electrons. The van der Waals surface area contributed by atoms with Crippen LogP contribution in [0.4, 0.5) is 4.39 Å². The number of fused-ring (bicyclic) bond motifs is 1. The molecule has 0 atom stereocenters. The fourth-order valence-corrected chi connectivity index (χ4v) is 6.13. The van der Waals surface area contributed by atoms with Crippen molar-refractivity contribution in [3.05, 3.63) is 53.2 Å². The molecular weight excluding hydrogens is 427 g/mol. The molecule has 0 saturated carbocycles. The summed E-state index contributed by atoms with van der Waals surface area (Å²) in [4.78, 5) is 1.84. The molecule has 0 spiro atoms. The minimum absolute atomic E-state index is 0.154. The maximum atomic E-state index is 14.5. The summed E-state index contributed by atoms with van der Waals surface area (Å²) < 4.78 is 53.4. The van der Waals surface area contributed by atoms with E-state index in [1.54, 1.807) is 11.3 Å². The van der Waals surface area contributed by atoms with Crippen LogP contribution in [0.5, 0.6) is 11.5 Å². The zero-order valence-electron chi connectivity index (χ0n) is 16.8. The van der Waals surface area contributed by atoms with Crippen molar-refractivity contribution >= 4 is 31.4 Å². The van der Waals surface area contributed by atoms with Crippen LogP contribution in [0.25, 0.3) is 10.1 Å². The summed E-state index contributed by atoms with van der Waals surface area (Å²) >= 11 is 1.72. The first-order chi connectivity index (χ1) is 14.4. The van der Waals surface area contributed by atoms with Crippen LogP contribution >= 0.6 is 11.3 Å². The molecule has 3 aromatic rings. The number of thiophene rings is 1. The number of rotatable bonds is 6. The van der Waals surface area contributed by atoms with Gasteiger partial charge in [0.05, 0.1) is 14.2 Å². The average molecular weight is 451 g/mol. The molecule has 0 amide bonds. The third kappa shape index (κ3) is 3.90. The van der Waals surface area contributed by atoms with Gasteiger partial charge < -0.3 is 9.47 Å². The van der Waals surface area contributed by atoms with Gasteiger partial charge in [-0.05, 0) is 22.4 Å². The van der Waals surface area contributed by atoms with Crippen LogP contribution in [0.3, 0.4) is 0 Å². The van der Waals surface area contributed by atoms with E-state index in [9.17, 15) is 12.8 Å². The molecule has 2 aromatic carbocycles.